The lowest BCUT2D eigenvalue weighted by Crippen LogP contribution is -2.71. The summed E-state index contributed by atoms with van der Waals surface area (Å²) in [6, 6.07) is 1.04. The number of fused-ring (bicyclic) bond motifs is 2. The first-order chi connectivity index (χ1) is 8.41. The third kappa shape index (κ3) is 2.21. The number of piperazine rings is 1. The molecule has 0 aromatic heterocycles. The Balaban J connectivity index is 2.06. The fraction of sp³-hybridized carbons (Fsp3) is 1.00. The van der Waals surface area contributed by atoms with E-state index in [9.17, 15) is 8.42 Å². The Bertz CT molecular complexity index is 384. The van der Waals surface area contributed by atoms with Crippen molar-refractivity contribution in [3.05, 3.63) is 0 Å². The highest BCUT2D eigenvalue weighted by Gasteiger charge is 2.51. The molecule has 0 aromatic carbocycles. The van der Waals surface area contributed by atoms with Gasteiger partial charge in [-0.1, -0.05) is 13.8 Å². The third-order valence-corrected chi connectivity index (χ3v) is 7.28. The van der Waals surface area contributed by atoms with Crippen LogP contribution in [0.5, 0.6) is 0 Å². The Morgan fingerprint density at radius 3 is 2.11 bits per heavy atom. The van der Waals surface area contributed by atoms with Crippen LogP contribution in [0.2, 0.25) is 0 Å². The topological polar surface area (TPSA) is 40.6 Å². The van der Waals surface area contributed by atoms with E-state index in [0.717, 1.165) is 25.9 Å². The van der Waals surface area contributed by atoms with Gasteiger partial charge >= 0.3 is 0 Å². The van der Waals surface area contributed by atoms with E-state index in [0.29, 0.717) is 12.5 Å². The van der Waals surface area contributed by atoms with Gasteiger partial charge in [-0.15, -0.1) is 0 Å². The molecule has 5 heteroatoms. The van der Waals surface area contributed by atoms with Crippen LogP contribution in [0, 0.1) is 0 Å². The molecule has 106 valence electrons. The molecule has 0 N–H and O–H groups in total. The Morgan fingerprint density at radius 2 is 1.67 bits per heavy atom. The SMILES string of the molecule is CCC(C)N1CC2CC(C1)N2S(=O)(=O)C(C)CC. The van der Waals surface area contributed by atoms with E-state index in [1.54, 1.807) is 4.31 Å². The average Bonchev–Trinajstić information content (AvgIpc) is 2.36. The molecule has 2 bridgehead atoms. The van der Waals surface area contributed by atoms with Gasteiger partial charge in [-0.25, -0.2) is 8.42 Å². The first-order valence-corrected chi connectivity index (χ1v) is 8.68. The van der Waals surface area contributed by atoms with Crippen molar-refractivity contribution in [2.75, 3.05) is 13.1 Å². The van der Waals surface area contributed by atoms with Gasteiger partial charge in [0.2, 0.25) is 10.0 Å². The molecule has 0 radical (unpaired) electrons. The van der Waals surface area contributed by atoms with Crippen LogP contribution < -0.4 is 0 Å². The highest BCUT2D eigenvalue weighted by Crippen LogP contribution is 2.37. The van der Waals surface area contributed by atoms with E-state index < -0.39 is 10.0 Å². The van der Waals surface area contributed by atoms with Gasteiger partial charge in [-0.3, -0.25) is 4.90 Å². The normalized spacial score (nSPS) is 32.9. The second kappa shape index (κ2) is 5.10. The van der Waals surface area contributed by atoms with Crippen molar-refractivity contribution in [1.29, 1.82) is 0 Å². The predicted octanol–water partition coefficient (Wildman–Crippen LogP) is 1.67. The molecule has 0 spiro atoms. The zero-order chi connectivity index (χ0) is 13.5. The molecule has 0 aromatic rings. The maximum Gasteiger partial charge on any atom is 0.217 e. The molecule has 3 aliphatic heterocycles. The minimum atomic E-state index is -3.06. The molecule has 0 aliphatic carbocycles. The van der Waals surface area contributed by atoms with Crippen LogP contribution in [0.3, 0.4) is 0 Å². The summed E-state index contributed by atoms with van der Waals surface area (Å²) < 4.78 is 26.6. The second-order valence-corrected chi connectivity index (χ2v) is 8.10. The Morgan fingerprint density at radius 1 is 1.11 bits per heavy atom. The predicted molar refractivity (Wildman–Crippen MR) is 74.0 cm³/mol. The summed E-state index contributed by atoms with van der Waals surface area (Å²) in [5.74, 6) is 0. The first kappa shape index (κ1) is 14.3. The molecule has 18 heavy (non-hydrogen) atoms. The fourth-order valence-corrected chi connectivity index (χ4v) is 5.03. The highest BCUT2D eigenvalue weighted by atomic mass is 32.2. The van der Waals surface area contributed by atoms with Crippen LogP contribution in [0.1, 0.15) is 47.0 Å². The molecule has 4 nitrogen and oxygen atoms in total. The molecule has 4 atom stereocenters. The summed E-state index contributed by atoms with van der Waals surface area (Å²) in [4.78, 5) is 2.45. The monoisotopic (exact) mass is 274 g/mol. The lowest BCUT2D eigenvalue weighted by Gasteiger charge is -2.56. The second-order valence-electron chi connectivity index (χ2n) is 5.85. The summed E-state index contributed by atoms with van der Waals surface area (Å²) in [6.07, 6.45) is 2.90. The summed E-state index contributed by atoms with van der Waals surface area (Å²) >= 11 is 0. The molecule has 3 rings (SSSR count). The molecule has 3 fully saturated rings. The zero-order valence-electron chi connectivity index (χ0n) is 12.0. The lowest BCUT2D eigenvalue weighted by molar-refractivity contribution is -0.0242. The molecule has 3 aliphatic rings. The van der Waals surface area contributed by atoms with E-state index >= 15 is 0 Å². The van der Waals surface area contributed by atoms with Gasteiger partial charge in [0.1, 0.15) is 0 Å². The largest absolute Gasteiger partial charge is 0.297 e. The first-order valence-electron chi connectivity index (χ1n) is 7.18. The van der Waals surface area contributed by atoms with Crippen LogP contribution in [-0.4, -0.2) is 54.1 Å². The van der Waals surface area contributed by atoms with Gasteiger partial charge < -0.3 is 0 Å². The van der Waals surface area contributed by atoms with E-state index in [1.807, 2.05) is 13.8 Å². The number of sulfonamides is 1. The van der Waals surface area contributed by atoms with Crippen LogP contribution >= 0.6 is 0 Å². The molecule has 3 heterocycles. The summed E-state index contributed by atoms with van der Waals surface area (Å²) in [6.45, 7) is 10.0. The van der Waals surface area contributed by atoms with Gasteiger partial charge in [-0.05, 0) is 33.1 Å². The molecule has 0 amide bonds. The van der Waals surface area contributed by atoms with Crippen molar-refractivity contribution < 1.29 is 8.42 Å². The van der Waals surface area contributed by atoms with E-state index in [4.69, 9.17) is 0 Å². The van der Waals surface area contributed by atoms with Crippen LogP contribution in [0.4, 0.5) is 0 Å². The quantitative estimate of drug-likeness (QED) is 0.766. The standard InChI is InChI=1S/C13H26N2O2S/c1-5-10(3)14-8-12-7-13(9-14)15(12)18(16,17)11(4)6-2/h10-13H,5-9H2,1-4H3. The Hall–Kier alpha value is -0.130. The maximum atomic E-state index is 12.4. The lowest BCUT2D eigenvalue weighted by atomic mass is 9.90. The van der Waals surface area contributed by atoms with Crippen molar-refractivity contribution in [1.82, 2.24) is 9.21 Å². The number of nitrogens with zero attached hydrogens (tertiary/aromatic N) is 2. The highest BCUT2D eigenvalue weighted by molar-refractivity contribution is 7.89. The number of hydrogen-bond donors (Lipinski definition) is 0. The van der Waals surface area contributed by atoms with Crippen molar-refractivity contribution in [3.63, 3.8) is 0 Å². The summed E-state index contributed by atoms with van der Waals surface area (Å²) in [5, 5.41) is -0.238. The van der Waals surface area contributed by atoms with Gasteiger partial charge in [0.05, 0.1) is 5.25 Å². The smallest absolute Gasteiger partial charge is 0.217 e. The molecule has 3 saturated heterocycles. The third-order valence-electron chi connectivity index (χ3n) is 4.75. The molecular weight excluding hydrogens is 248 g/mol. The Labute approximate surface area is 111 Å². The van der Waals surface area contributed by atoms with Crippen molar-refractivity contribution >= 4 is 10.0 Å². The molecular formula is C13H26N2O2S. The summed E-state index contributed by atoms with van der Waals surface area (Å²) in [5.41, 5.74) is 0. The van der Waals surface area contributed by atoms with Gasteiger partial charge in [-0.2, -0.15) is 4.31 Å². The number of hydrogen-bond acceptors (Lipinski definition) is 3. The zero-order valence-corrected chi connectivity index (χ0v) is 12.8. The molecule has 0 saturated carbocycles. The molecule has 4 unspecified atom stereocenters. The van der Waals surface area contributed by atoms with Gasteiger partial charge in [0.25, 0.3) is 0 Å². The van der Waals surface area contributed by atoms with E-state index in [-0.39, 0.29) is 17.3 Å². The number of rotatable bonds is 5. The van der Waals surface area contributed by atoms with Crippen molar-refractivity contribution in [3.8, 4) is 0 Å². The maximum absolute atomic E-state index is 12.4. The number of piperidine rings is 1. The van der Waals surface area contributed by atoms with Gasteiger partial charge in [0.15, 0.2) is 0 Å². The van der Waals surface area contributed by atoms with Crippen molar-refractivity contribution in [2.45, 2.75) is 70.3 Å². The average molecular weight is 274 g/mol. The van der Waals surface area contributed by atoms with Crippen LogP contribution in [0.15, 0.2) is 0 Å². The van der Waals surface area contributed by atoms with Crippen molar-refractivity contribution in [2.24, 2.45) is 0 Å². The van der Waals surface area contributed by atoms with Gasteiger partial charge in [0, 0.05) is 31.2 Å². The minimum absolute atomic E-state index is 0.233. The van der Waals surface area contributed by atoms with E-state index in [2.05, 4.69) is 18.7 Å². The minimum Gasteiger partial charge on any atom is -0.297 e. The summed E-state index contributed by atoms with van der Waals surface area (Å²) in [7, 11) is -3.06. The van der Waals surface area contributed by atoms with Crippen LogP contribution in [-0.2, 0) is 10.0 Å². The fourth-order valence-electron chi connectivity index (χ4n) is 3.06. The Kier molecular flexibility index (Phi) is 4.04. The van der Waals surface area contributed by atoms with E-state index in [1.165, 1.54) is 0 Å². The van der Waals surface area contributed by atoms with Crippen LogP contribution in [0.25, 0.3) is 0 Å².